The van der Waals surface area contributed by atoms with Crippen molar-refractivity contribution in [3.8, 4) is 0 Å². The van der Waals surface area contributed by atoms with Gasteiger partial charge >= 0.3 is 0 Å². The van der Waals surface area contributed by atoms with Crippen molar-refractivity contribution in [3.63, 3.8) is 0 Å². The number of aliphatic hydroxyl groups excluding tert-OH is 1. The third-order valence-corrected chi connectivity index (χ3v) is 5.30. The van der Waals surface area contributed by atoms with Crippen molar-refractivity contribution in [2.75, 3.05) is 13.2 Å². The maximum Gasteiger partial charge on any atom is 0.295 e. The number of rotatable bonds is 6. The molecule has 1 fully saturated rings. The van der Waals surface area contributed by atoms with E-state index in [1.807, 2.05) is 33.8 Å². The van der Waals surface area contributed by atoms with Gasteiger partial charge in [0.1, 0.15) is 11.6 Å². The molecule has 3 rings (SSSR count). The van der Waals surface area contributed by atoms with Gasteiger partial charge in [0, 0.05) is 17.7 Å². The highest BCUT2D eigenvalue weighted by Crippen LogP contribution is 2.40. The van der Waals surface area contributed by atoms with Crippen LogP contribution in [0.4, 0.5) is 4.39 Å². The van der Waals surface area contributed by atoms with Crippen LogP contribution < -0.4 is 0 Å². The van der Waals surface area contributed by atoms with Crippen molar-refractivity contribution in [1.29, 1.82) is 0 Å². The number of likely N-dealkylation sites (tertiary alicyclic amines) is 1. The number of benzene rings is 2. The minimum Gasteiger partial charge on any atom is -0.507 e. The van der Waals surface area contributed by atoms with Gasteiger partial charge in [0.25, 0.3) is 11.7 Å². The second-order valence-corrected chi connectivity index (χ2v) is 7.73. The Bertz CT molecular complexity index is 1010. The van der Waals surface area contributed by atoms with E-state index in [1.165, 1.54) is 23.1 Å². The zero-order chi connectivity index (χ0) is 22.0. The molecule has 1 amide bonds. The minimum atomic E-state index is -1.02. The largest absolute Gasteiger partial charge is 0.507 e. The lowest BCUT2D eigenvalue weighted by Gasteiger charge is -2.26. The number of halogens is 1. The summed E-state index contributed by atoms with van der Waals surface area (Å²) in [6, 6.07) is 10.2. The summed E-state index contributed by atoms with van der Waals surface area (Å²) in [5.41, 5.74) is 2.42. The normalized spacial score (nSPS) is 18.5. The molecule has 1 aliphatic rings. The molecule has 1 N–H and O–H groups in total. The highest BCUT2D eigenvalue weighted by molar-refractivity contribution is 6.46. The number of nitrogens with zero attached hydrogens (tertiary/aromatic N) is 1. The predicted molar refractivity (Wildman–Crippen MR) is 112 cm³/mol. The number of amides is 1. The summed E-state index contributed by atoms with van der Waals surface area (Å²) < 4.78 is 20.2. The van der Waals surface area contributed by atoms with E-state index in [0.717, 1.165) is 11.1 Å². The fraction of sp³-hybridized carbons (Fsp3) is 0.333. The van der Waals surface area contributed by atoms with Crippen LogP contribution in [-0.4, -0.2) is 41.0 Å². The van der Waals surface area contributed by atoms with Crippen molar-refractivity contribution < 1.29 is 23.8 Å². The van der Waals surface area contributed by atoms with E-state index in [1.54, 1.807) is 18.2 Å². The third kappa shape index (κ3) is 4.14. The molecular weight excluding hydrogens is 385 g/mol. The van der Waals surface area contributed by atoms with Crippen molar-refractivity contribution in [1.82, 2.24) is 4.90 Å². The Morgan fingerprint density at radius 3 is 2.47 bits per heavy atom. The molecule has 5 nitrogen and oxygen atoms in total. The van der Waals surface area contributed by atoms with Crippen LogP contribution in [0, 0.1) is 19.7 Å². The molecule has 1 aliphatic heterocycles. The smallest absolute Gasteiger partial charge is 0.295 e. The Morgan fingerprint density at radius 2 is 1.83 bits per heavy atom. The van der Waals surface area contributed by atoms with Crippen molar-refractivity contribution in [3.05, 3.63) is 76.1 Å². The predicted octanol–water partition coefficient (Wildman–Crippen LogP) is 4.29. The van der Waals surface area contributed by atoms with Gasteiger partial charge in [-0.2, -0.15) is 0 Å². The molecule has 1 saturated heterocycles. The fourth-order valence-electron chi connectivity index (χ4n) is 3.56. The van der Waals surface area contributed by atoms with Gasteiger partial charge in [-0.3, -0.25) is 9.59 Å². The first kappa shape index (κ1) is 21.7. The molecule has 6 heteroatoms. The molecule has 0 aliphatic carbocycles. The monoisotopic (exact) mass is 411 g/mol. The van der Waals surface area contributed by atoms with E-state index in [9.17, 15) is 19.1 Å². The van der Waals surface area contributed by atoms with Crippen LogP contribution in [0.1, 0.15) is 42.1 Å². The number of hydrogen-bond acceptors (Lipinski definition) is 4. The average Bonchev–Trinajstić information content (AvgIpc) is 2.94. The molecule has 0 saturated carbocycles. The van der Waals surface area contributed by atoms with Gasteiger partial charge < -0.3 is 14.7 Å². The summed E-state index contributed by atoms with van der Waals surface area (Å²) in [6.07, 6.45) is -0.0516. The summed E-state index contributed by atoms with van der Waals surface area (Å²) >= 11 is 0. The molecule has 0 radical (unpaired) electrons. The number of ketones is 1. The SMILES string of the molecule is Cc1ccc(/C(O)=C2\C(=O)C(=O)N(CCOC(C)C)C2c2ccccc2F)cc1C. The number of carbonyl (C=O) groups excluding carboxylic acids is 2. The van der Waals surface area contributed by atoms with Gasteiger partial charge in [0.15, 0.2) is 0 Å². The summed E-state index contributed by atoms with van der Waals surface area (Å²) in [5.74, 6) is -2.47. The number of ether oxygens (including phenoxy) is 1. The van der Waals surface area contributed by atoms with Gasteiger partial charge in [-0.25, -0.2) is 4.39 Å². The molecule has 1 heterocycles. The molecule has 0 aromatic heterocycles. The maximum atomic E-state index is 14.7. The Hall–Kier alpha value is -2.99. The lowest BCUT2D eigenvalue weighted by atomic mass is 9.94. The van der Waals surface area contributed by atoms with E-state index < -0.39 is 23.5 Å². The van der Waals surface area contributed by atoms with Gasteiger partial charge in [-0.15, -0.1) is 0 Å². The lowest BCUT2D eigenvalue weighted by Crippen LogP contribution is -2.33. The van der Waals surface area contributed by atoms with E-state index >= 15 is 0 Å². The van der Waals surface area contributed by atoms with Gasteiger partial charge in [0.05, 0.1) is 24.3 Å². The molecular formula is C24H26FNO4. The molecule has 0 spiro atoms. The minimum absolute atomic E-state index is 0.0516. The summed E-state index contributed by atoms with van der Waals surface area (Å²) in [4.78, 5) is 27.0. The first-order valence-electron chi connectivity index (χ1n) is 9.94. The number of aryl methyl sites for hydroxylation is 2. The third-order valence-electron chi connectivity index (χ3n) is 5.30. The standard InChI is InChI=1S/C24H26FNO4/c1-14(2)30-12-11-26-21(18-7-5-6-8-19(18)25)20(23(28)24(26)29)22(27)17-10-9-15(3)16(4)13-17/h5-10,13-14,21,27H,11-12H2,1-4H3/b22-20+. The topological polar surface area (TPSA) is 66.8 Å². The van der Waals surface area contributed by atoms with Crippen LogP contribution in [0.3, 0.4) is 0 Å². The molecule has 2 aromatic rings. The Labute approximate surface area is 175 Å². The van der Waals surface area contributed by atoms with Crippen LogP contribution in [0.2, 0.25) is 0 Å². The van der Waals surface area contributed by atoms with Gasteiger partial charge in [-0.1, -0.05) is 30.3 Å². The summed E-state index contributed by atoms with van der Waals surface area (Å²) in [7, 11) is 0. The second kappa shape index (κ2) is 8.79. The van der Waals surface area contributed by atoms with E-state index in [-0.39, 0.29) is 36.2 Å². The van der Waals surface area contributed by atoms with Crippen molar-refractivity contribution in [2.45, 2.75) is 39.8 Å². The van der Waals surface area contributed by atoms with E-state index in [4.69, 9.17) is 4.74 Å². The van der Waals surface area contributed by atoms with Crippen LogP contribution in [0.25, 0.3) is 5.76 Å². The zero-order valence-corrected chi connectivity index (χ0v) is 17.6. The van der Waals surface area contributed by atoms with Crippen LogP contribution >= 0.6 is 0 Å². The second-order valence-electron chi connectivity index (χ2n) is 7.73. The molecule has 2 aromatic carbocycles. The first-order chi connectivity index (χ1) is 14.2. The Balaban J connectivity index is 2.13. The molecule has 30 heavy (non-hydrogen) atoms. The number of aliphatic hydroxyl groups is 1. The van der Waals surface area contributed by atoms with E-state index in [2.05, 4.69) is 0 Å². The Kier molecular flexibility index (Phi) is 6.37. The van der Waals surface area contributed by atoms with Crippen LogP contribution in [0.15, 0.2) is 48.0 Å². The average molecular weight is 411 g/mol. The number of carbonyl (C=O) groups is 2. The Morgan fingerprint density at radius 1 is 1.13 bits per heavy atom. The lowest BCUT2D eigenvalue weighted by molar-refractivity contribution is -0.140. The van der Waals surface area contributed by atoms with Gasteiger partial charge in [-0.05, 0) is 51.0 Å². The first-order valence-corrected chi connectivity index (χ1v) is 9.94. The molecule has 0 bridgehead atoms. The summed E-state index contributed by atoms with van der Waals surface area (Å²) in [5, 5.41) is 11.0. The van der Waals surface area contributed by atoms with E-state index in [0.29, 0.717) is 5.56 Å². The van der Waals surface area contributed by atoms with Crippen LogP contribution in [-0.2, 0) is 14.3 Å². The van der Waals surface area contributed by atoms with Crippen molar-refractivity contribution >= 4 is 17.4 Å². The number of Topliss-reactive ketones (excluding diaryl/α,β-unsaturated/α-hetero) is 1. The van der Waals surface area contributed by atoms with Crippen LogP contribution in [0.5, 0.6) is 0 Å². The highest BCUT2D eigenvalue weighted by Gasteiger charge is 2.46. The maximum absolute atomic E-state index is 14.7. The number of hydrogen-bond donors (Lipinski definition) is 1. The quantitative estimate of drug-likeness (QED) is 0.438. The zero-order valence-electron chi connectivity index (χ0n) is 17.6. The highest BCUT2D eigenvalue weighted by atomic mass is 19.1. The summed E-state index contributed by atoms with van der Waals surface area (Å²) in [6.45, 7) is 7.85. The van der Waals surface area contributed by atoms with Crippen molar-refractivity contribution in [2.24, 2.45) is 0 Å². The molecule has 1 atom stereocenters. The molecule has 158 valence electrons. The molecule has 1 unspecified atom stereocenters. The fourth-order valence-corrected chi connectivity index (χ4v) is 3.56. The van der Waals surface area contributed by atoms with Gasteiger partial charge in [0.2, 0.25) is 0 Å².